The van der Waals surface area contributed by atoms with Crippen molar-refractivity contribution >= 4 is 0 Å². The third-order valence-corrected chi connectivity index (χ3v) is 7.36. The average molecular weight is 322 g/mol. The molecule has 0 aromatic heterocycles. The molecule has 132 valence electrons. The van der Waals surface area contributed by atoms with Crippen LogP contribution in [0.2, 0.25) is 0 Å². The predicted molar refractivity (Wildman–Crippen MR) is 92.3 cm³/mol. The summed E-state index contributed by atoms with van der Waals surface area (Å²) in [5.41, 5.74) is 0.134. The number of likely N-dealkylation sites (tertiary alicyclic amines) is 1. The van der Waals surface area contributed by atoms with Gasteiger partial charge < -0.3 is 9.84 Å². The SMILES string of the molecule is C[C@@H]1CCC[C@@H](C)N1C[C@@H](O)COC12CC3CC(CC(C3)C1)C2. The summed E-state index contributed by atoms with van der Waals surface area (Å²) in [7, 11) is 0. The van der Waals surface area contributed by atoms with E-state index in [4.69, 9.17) is 4.74 Å². The minimum absolute atomic E-state index is 0.134. The van der Waals surface area contributed by atoms with Crippen LogP contribution in [0.25, 0.3) is 0 Å². The Morgan fingerprint density at radius 1 is 1.00 bits per heavy atom. The second-order valence-electron chi connectivity index (χ2n) is 9.39. The normalized spacial score (nSPS) is 47.9. The molecule has 0 radical (unpaired) electrons. The lowest BCUT2D eigenvalue weighted by Gasteiger charge is -2.56. The van der Waals surface area contributed by atoms with Gasteiger partial charge in [0.1, 0.15) is 0 Å². The van der Waals surface area contributed by atoms with Gasteiger partial charge in [-0.25, -0.2) is 0 Å². The highest BCUT2D eigenvalue weighted by Crippen LogP contribution is 2.57. The van der Waals surface area contributed by atoms with Crippen molar-refractivity contribution < 1.29 is 9.84 Å². The molecule has 0 amide bonds. The number of β-amino-alcohol motifs (C(OH)–C–C–N with tert-alkyl or cyclic N) is 1. The molecular weight excluding hydrogens is 286 g/mol. The number of rotatable bonds is 5. The van der Waals surface area contributed by atoms with Gasteiger partial charge in [0.25, 0.3) is 0 Å². The number of piperidine rings is 1. The largest absolute Gasteiger partial charge is 0.389 e. The van der Waals surface area contributed by atoms with Crippen molar-refractivity contribution in [1.82, 2.24) is 4.90 Å². The van der Waals surface area contributed by atoms with Crippen molar-refractivity contribution in [1.29, 1.82) is 0 Å². The van der Waals surface area contributed by atoms with Crippen LogP contribution < -0.4 is 0 Å². The molecule has 4 saturated carbocycles. The molecule has 1 N–H and O–H groups in total. The predicted octanol–water partition coefficient (Wildman–Crippen LogP) is 3.60. The Morgan fingerprint density at radius 3 is 2.04 bits per heavy atom. The first kappa shape index (κ1) is 16.4. The topological polar surface area (TPSA) is 32.7 Å². The van der Waals surface area contributed by atoms with E-state index in [0.717, 1.165) is 24.3 Å². The molecule has 0 unspecified atom stereocenters. The van der Waals surface area contributed by atoms with E-state index >= 15 is 0 Å². The Kier molecular flexibility index (Phi) is 4.49. The molecule has 0 spiro atoms. The van der Waals surface area contributed by atoms with Gasteiger partial charge in [0.05, 0.1) is 18.3 Å². The third-order valence-electron chi connectivity index (χ3n) is 7.36. The second kappa shape index (κ2) is 6.31. The van der Waals surface area contributed by atoms with Crippen LogP contribution in [-0.4, -0.2) is 46.9 Å². The maximum Gasteiger partial charge on any atom is 0.0900 e. The molecule has 3 nitrogen and oxygen atoms in total. The Balaban J connectivity index is 1.30. The van der Waals surface area contributed by atoms with Crippen molar-refractivity contribution in [3.63, 3.8) is 0 Å². The van der Waals surface area contributed by atoms with E-state index in [-0.39, 0.29) is 11.7 Å². The van der Waals surface area contributed by atoms with Gasteiger partial charge in [0, 0.05) is 18.6 Å². The first-order chi connectivity index (χ1) is 11.0. The van der Waals surface area contributed by atoms with Crippen molar-refractivity contribution in [2.75, 3.05) is 13.2 Å². The Labute approximate surface area is 141 Å². The third kappa shape index (κ3) is 3.34. The lowest BCUT2D eigenvalue weighted by Crippen LogP contribution is -2.53. The van der Waals surface area contributed by atoms with E-state index in [9.17, 15) is 5.11 Å². The smallest absolute Gasteiger partial charge is 0.0900 e. The number of nitrogens with zero attached hydrogens (tertiary/aromatic N) is 1. The zero-order valence-electron chi connectivity index (χ0n) is 15.0. The summed E-state index contributed by atoms with van der Waals surface area (Å²) in [6.07, 6.45) is 11.7. The summed E-state index contributed by atoms with van der Waals surface area (Å²) in [5.74, 6) is 2.75. The van der Waals surface area contributed by atoms with Crippen LogP contribution in [0.15, 0.2) is 0 Å². The molecule has 5 aliphatic rings. The molecule has 3 heteroatoms. The monoisotopic (exact) mass is 321 g/mol. The van der Waals surface area contributed by atoms with Crippen LogP contribution in [0, 0.1) is 17.8 Å². The standard InChI is InChI=1S/C20H35NO2/c1-14-4-3-5-15(2)21(14)12-19(22)13-23-20-9-16-6-17(10-20)8-18(7-16)11-20/h14-19,22H,3-13H2,1-2H3/t14-,15-,16?,17?,18?,19-,20?/m1/s1. The summed E-state index contributed by atoms with van der Waals surface area (Å²) in [6, 6.07) is 1.21. The van der Waals surface area contributed by atoms with E-state index in [1.54, 1.807) is 0 Å². The minimum Gasteiger partial charge on any atom is -0.389 e. The Hall–Kier alpha value is -0.120. The molecule has 4 aliphatic carbocycles. The van der Waals surface area contributed by atoms with Crippen LogP contribution in [-0.2, 0) is 4.74 Å². The van der Waals surface area contributed by atoms with Crippen molar-refractivity contribution in [2.24, 2.45) is 17.8 Å². The van der Waals surface area contributed by atoms with Crippen molar-refractivity contribution in [3.05, 3.63) is 0 Å². The molecule has 1 aliphatic heterocycles. The maximum atomic E-state index is 10.6. The number of aliphatic hydroxyl groups is 1. The highest BCUT2D eigenvalue weighted by atomic mass is 16.5. The summed E-state index contributed by atoms with van der Waals surface area (Å²) in [5, 5.41) is 10.6. The molecule has 4 bridgehead atoms. The Bertz CT molecular complexity index is 379. The van der Waals surface area contributed by atoms with Gasteiger partial charge in [-0.2, -0.15) is 0 Å². The van der Waals surface area contributed by atoms with Crippen LogP contribution in [0.5, 0.6) is 0 Å². The molecule has 5 rings (SSSR count). The molecule has 5 fully saturated rings. The number of hydrogen-bond donors (Lipinski definition) is 1. The van der Waals surface area contributed by atoms with Crippen LogP contribution >= 0.6 is 0 Å². The summed E-state index contributed by atoms with van der Waals surface area (Å²) < 4.78 is 6.44. The molecule has 3 atom stereocenters. The van der Waals surface area contributed by atoms with Gasteiger partial charge in [-0.1, -0.05) is 6.42 Å². The van der Waals surface area contributed by atoms with Gasteiger partial charge in [-0.15, -0.1) is 0 Å². The number of aliphatic hydroxyl groups excluding tert-OH is 1. The first-order valence-electron chi connectivity index (χ1n) is 10.1. The molecule has 1 heterocycles. The fourth-order valence-corrected chi connectivity index (χ4v) is 6.61. The Morgan fingerprint density at radius 2 is 1.52 bits per heavy atom. The maximum absolute atomic E-state index is 10.6. The van der Waals surface area contributed by atoms with E-state index < -0.39 is 0 Å². The quantitative estimate of drug-likeness (QED) is 0.840. The van der Waals surface area contributed by atoms with Gasteiger partial charge in [0.15, 0.2) is 0 Å². The van der Waals surface area contributed by atoms with E-state index in [1.807, 2.05) is 0 Å². The van der Waals surface area contributed by atoms with Crippen LogP contribution in [0.1, 0.15) is 71.6 Å². The molecule has 1 saturated heterocycles. The highest BCUT2D eigenvalue weighted by molar-refractivity contribution is 5.03. The minimum atomic E-state index is -0.328. The molecule has 23 heavy (non-hydrogen) atoms. The zero-order chi connectivity index (χ0) is 16.0. The van der Waals surface area contributed by atoms with Gasteiger partial charge in [-0.05, 0) is 83.0 Å². The van der Waals surface area contributed by atoms with Crippen molar-refractivity contribution in [2.45, 2.75) is 95.4 Å². The highest BCUT2D eigenvalue weighted by Gasteiger charge is 2.51. The number of hydrogen-bond acceptors (Lipinski definition) is 3. The summed E-state index contributed by atoms with van der Waals surface area (Å²) in [4.78, 5) is 2.50. The van der Waals surface area contributed by atoms with E-state index in [2.05, 4.69) is 18.7 Å². The fourth-order valence-electron chi connectivity index (χ4n) is 6.61. The van der Waals surface area contributed by atoms with Gasteiger partial charge in [0.2, 0.25) is 0 Å². The van der Waals surface area contributed by atoms with Crippen LogP contribution in [0.4, 0.5) is 0 Å². The number of ether oxygens (including phenoxy) is 1. The van der Waals surface area contributed by atoms with Gasteiger partial charge >= 0.3 is 0 Å². The zero-order valence-corrected chi connectivity index (χ0v) is 15.0. The molecule has 0 aromatic rings. The van der Waals surface area contributed by atoms with Crippen molar-refractivity contribution in [3.8, 4) is 0 Å². The average Bonchev–Trinajstić information content (AvgIpc) is 2.48. The van der Waals surface area contributed by atoms with E-state index in [0.29, 0.717) is 18.7 Å². The second-order valence-corrected chi connectivity index (χ2v) is 9.39. The summed E-state index contributed by atoms with van der Waals surface area (Å²) >= 11 is 0. The fraction of sp³-hybridized carbons (Fsp3) is 1.00. The molecular formula is C20H35NO2. The first-order valence-corrected chi connectivity index (χ1v) is 10.1. The summed E-state index contributed by atoms with van der Waals surface area (Å²) in [6.45, 7) is 5.95. The van der Waals surface area contributed by atoms with Gasteiger partial charge in [-0.3, -0.25) is 4.90 Å². The van der Waals surface area contributed by atoms with Crippen LogP contribution in [0.3, 0.4) is 0 Å². The molecule has 0 aromatic carbocycles. The lowest BCUT2D eigenvalue weighted by atomic mass is 9.54. The lowest BCUT2D eigenvalue weighted by molar-refractivity contribution is -0.177. The van der Waals surface area contributed by atoms with E-state index in [1.165, 1.54) is 57.8 Å².